The van der Waals surface area contributed by atoms with Gasteiger partial charge in [-0.15, -0.1) is 11.8 Å². The van der Waals surface area contributed by atoms with Crippen LogP contribution in [0.5, 0.6) is 5.75 Å². The predicted octanol–water partition coefficient (Wildman–Crippen LogP) is 3.29. The molecule has 21 heavy (non-hydrogen) atoms. The van der Waals surface area contributed by atoms with Crippen LogP contribution >= 0.6 is 11.8 Å². The lowest BCUT2D eigenvalue weighted by molar-refractivity contribution is -0.187. The van der Waals surface area contributed by atoms with Crippen LogP contribution in [-0.4, -0.2) is 40.9 Å². The van der Waals surface area contributed by atoms with Crippen LogP contribution in [0.3, 0.4) is 0 Å². The van der Waals surface area contributed by atoms with E-state index in [-0.39, 0.29) is 30.4 Å². The fourth-order valence-corrected chi connectivity index (χ4v) is 3.13. The number of hydrogen-bond acceptors (Lipinski definition) is 3. The van der Waals surface area contributed by atoms with Crippen LogP contribution in [-0.2, 0) is 4.79 Å². The Morgan fingerprint density at radius 3 is 2.76 bits per heavy atom. The Balaban J connectivity index is 1.90. The molecule has 1 N–H and O–H groups in total. The number of amides is 1. The zero-order chi connectivity index (χ0) is 15.5. The van der Waals surface area contributed by atoms with E-state index in [0.717, 1.165) is 11.8 Å². The first-order valence-corrected chi connectivity index (χ1v) is 7.62. The highest BCUT2D eigenvalue weighted by Gasteiger charge is 2.42. The summed E-state index contributed by atoms with van der Waals surface area (Å²) >= 11 is 1.14. The Bertz CT molecular complexity index is 507. The molecule has 3 nitrogen and oxygen atoms in total. The maximum Gasteiger partial charge on any atom is 0.393 e. The molecule has 0 aromatic heterocycles. The van der Waals surface area contributed by atoms with Crippen LogP contribution in [0.2, 0.25) is 0 Å². The summed E-state index contributed by atoms with van der Waals surface area (Å²) in [4.78, 5) is 13.8. The molecule has 1 aliphatic rings. The largest absolute Gasteiger partial charge is 0.507 e. The molecule has 0 unspecified atom stereocenters. The van der Waals surface area contributed by atoms with Crippen molar-refractivity contribution in [2.24, 2.45) is 5.92 Å². The second-order valence-corrected chi connectivity index (χ2v) is 5.99. The highest BCUT2D eigenvalue weighted by molar-refractivity contribution is 8.00. The molecule has 1 aromatic carbocycles. The number of phenolic OH excluding ortho intramolecular Hbond substituents is 1. The standard InChI is InChI=1S/C14H16F3NO2S/c15-14(16,17)10-4-3-7-18(8-10)13(20)9-21-12-6-2-1-5-11(12)19/h1-2,5-6,10,19H,3-4,7-9H2/t10-/m1/s1. The third-order valence-corrected chi connectivity index (χ3v) is 4.50. The van der Waals surface area contributed by atoms with Gasteiger partial charge in [-0.25, -0.2) is 0 Å². The van der Waals surface area contributed by atoms with Gasteiger partial charge < -0.3 is 10.0 Å². The minimum absolute atomic E-state index is 0.0299. The van der Waals surface area contributed by atoms with E-state index in [1.54, 1.807) is 18.2 Å². The van der Waals surface area contributed by atoms with E-state index in [1.165, 1.54) is 11.0 Å². The van der Waals surface area contributed by atoms with Gasteiger partial charge in [-0.3, -0.25) is 4.79 Å². The van der Waals surface area contributed by atoms with Crippen molar-refractivity contribution >= 4 is 17.7 Å². The summed E-state index contributed by atoms with van der Waals surface area (Å²) in [5.74, 6) is -1.65. The fraction of sp³-hybridized carbons (Fsp3) is 0.500. The van der Waals surface area contributed by atoms with Gasteiger partial charge in [0.15, 0.2) is 0 Å². The molecule has 0 spiro atoms. The second-order valence-electron chi connectivity index (χ2n) is 4.98. The van der Waals surface area contributed by atoms with Crippen LogP contribution < -0.4 is 0 Å². The van der Waals surface area contributed by atoms with Gasteiger partial charge in [0.2, 0.25) is 5.91 Å². The highest BCUT2D eigenvalue weighted by atomic mass is 32.2. The number of nitrogens with zero attached hydrogens (tertiary/aromatic N) is 1. The summed E-state index contributed by atoms with van der Waals surface area (Å²) in [6.07, 6.45) is -3.79. The van der Waals surface area contributed by atoms with E-state index >= 15 is 0 Å². The molecule has 0 radical (unpaired) electrons. The molecule has 7 heteroatoms. The normalized spacial score (nSPS) is 19.6. The number of phenols is 1. The van der Waals surface area contributed by atoms with Crippen molar-refractivity contribution in [1.29, 1.82) is 0 Å². The number of alkyl halides is 3. The lowest BCUT2D eigenvalue weighted by Crippen LogP contribution is -2.45. The lowest BCUT2D eigenvalue weighted by Gasteiger charge is -2.33. The Kier molecular flexibility index (Phi) is 5.03. The summed E-state index contributed by atoms with van der Waals surface area (Å²) in [7, 11) is 0. The zero-order valence-corrected chi connectivity index (χ0v) is 12.1. The molecule has 0 saturated carbocycles. The molecule has 1 aromatic rings. The fourth-order valence-electron chi connectivity index (χ4n) is 2.28. The van der Waals surface area contributed by atoms with Crippen molar-refractivity contribution < 1.29 is 23.1 Å². The van der Waals surface area contributed by atoms with Crippen molar-refractivity contribution in [1.82, 2.24) is 4.90 Å². The minimum atomic E-state index is -4.25. The van der Waals surface area contributed by atoms with Crippen molar-refractivity contribution in [2.75, 3.05) is 18.8 Å². The Labute approximate surface area is 125 Å². The first-order valence-electron chi connectivity index (χ1n) is 6.63. The van der Waals surface area contributed by atoms with Gasteiger partial charge >= 0.3 is 6.18 Å². The molecular weight excluding hydrogens is 303 g/mol. The molecule has 116 valence electrons. The number of para-hydroxylation sites is 1. The number of piperidine rings is 1. The maximum absolute atomic E-state index is 12.7. The highest BCUT2D eigenvalue weighted by Crippen LogP contribution is 2.34. The monoisotopic (exact) mass is 319 g/mol. The number of rotatable bonds is 3. The molecule has 1 fully saturated rings. The minimum Gasteiger partial charge on any atom is -0.507 e. The van der Waals surface area contributed by atoms with Crippen molar-refractivity contribution in [3.05, 3.63) is 24.3 Å². The molecule has 0 bridgehead atoms. The molecular formula is C14H16F3NO2S. The van der Waals surface area contributed by atoms with Gasteiger partial charge in [0, 0.05) is 18.0 Å². The van der Waals surface area contributed by atoms with E-state index in [1.807, 2.05) is 0 Å². The average molecular weight is 319 g/mol. The average Bonchev–Trinajstić information content (AvgIpc) is 2.45. The molecule has 2 rings (SSSR count). The Morgan fingerprint density at radius 1 is 1.38 bits per heavy atom. The number of aromatic hydroxyl groups is 1. The SMILES string of the molecule is O=C(CSc1ccccc1O)N1CCC[C@@H](C(F)(F)F)C1. The summed E-state index contributed by atoms with van der Waals surface area (Å²) in [5, 5.41) is 9.59. The number of carbonyl (C=O) groups is 1. The van der Waals surface area contributed by atoms with E-state index in [9.17, 15) is 23.1 Å². The Morgan fingerprint density at radius 2 is 2.10 bits per heavy atom. The molecule has 1 amide bonds. The zero-order valence-electron chi connectivity index (χ0n) is 11.3. The first kappa shape index (κ1) is 16.0. The van der Waals surface area contributed by atoms with Crippen molar-refractivity contribution in [2.45, 2.75) is 23.9 Å². The molecule has 1 aliphatic heterocycles. The van der Waals surface area contributed by atoms with Gasteiger partial charge in [0.05, 0.1) is 11.7 Å². The third-order valence-electron chi connectivity index (χ3n) is 3.45. The molecule has 1 heterocycles. The summed E-state index contributed by atoms with van der Waals surface area (Å²) in [5.41, 5.74) is 0. The first-order chi connectivity index (χ1) is 9.88. The van der Waals surface area contributed by atoms with Crippen LogP contribution in [0.25, 0.3) is 0 Å². The van der Waals surface area contributed by atoms with Gasteiger partial charge in [-0.2, -0.15) is 13.2 Å². The summed E-state index contributed by atoms with van der Waals surface area (Å²) in [6, 6.07) is 6.57. The van der Waals surface area contributed by atoms with E-state index in [4.69, 9.17) is 0 Å². The number of thioether (sulfide) groups is 1. The maximum atomic E-state index is 12.7. The van der Waals surface area contributed by atoms with E-state index < -0.39 is 12.1 Å². The second kappa shape index (κ2) is 6.60. The molecule has 0 aliphatic carbocycles. The molecule has 1 atom stereocenters. The predicted molar refractivity (Wildman–Crippen MR) is 74.2 cm³/mol. The quantitative estimate of drug-likeness (QED) is 0.869. The van der Waals surface area contributed by atoms with Crippen molar-refractivity contribution in [3.8, 4) is 5.75 Å². The number of halogens is 3. The summed E-state index contributed by atoms with van der Waals surface area (Å²) < 4.78 is 38.1. The van der Waals surface area contributed by atoms with Crippen LogP contribution in [0.1, 0.15) is 12.8 Å². The van der Waals surface area contributed by atoms with Gasteiger partial charge in [0.25, 0.3) is 0 Å². The van der Waals surface area contributed by atoms with Gasteiger partial charge in [0.1, 0.15) is 5.75 Å². The van der Waals surface area contributed by atoms with E-state index in [0.29, 0.717) is 17.9 Å². The number of carbonyl (C=O) groups excluding carboxylic acids is 1. The third kappa shape index (κ3) is 4.30. The van der Waals surface area contributed by atoms with Gasteiger partial charge in [-0.05, 0) is 25.0 Å². The van der Waals surface area contributed by atoms with Crippen molar-refractivity contribution in [3.63, 3.8) is 0 Å². The van der Waals surface area contributed by atoms with Crippen LogP contribution in [0.4, 0.5) is 13.2 Å². The number of hydrogen-bond donors (Lipinski definition) is 1. The Hall–Kier alpha value is -1.37. The summed E-state index contributed by atoms with van der Waals surface area (Å²) in [6.45, 7) is 0.108. The number of benzene rings is 1. The lowest BCUT2D eigenvalue weighted by atomic mass is 9.97. The topological polar surface area (TPSA) is 40.5 Å². The molecule has 1 saturated heterocycles. The smallest absolute Gasteiger partial charge is 0.393 e. The van der Waals surface area contributed by atoms with Gasteiger partial charge in [-0.1, -0.05) is 12.1 Å². The number of likely N-dealkylation sites (tertiary alicyclic amines) is 1. The van der Waals surface area contributed by atoms with Crippen LogP contribution in [0, 0.1) is 5.92 Å². The van der Waals surface area contributed by atoms with Crippen LogP contribution in [0.15, 0.2) is 29.2 Å². The van der Waals surface area contributed by atoms with E-state index in [2.05, 4.69) is 0 Å².